The van der Waals surface area contributed by atoms with Gasteiger partial charge in [0.15, 0.2) is 6.10 Å². The lowest BCUT2D eigenvalue weighted by atomic mass is 9.86. The molecule has 1 fully saturated rings. The molecule has 6 heteroatoms. The first kappa shape index (κ1) is 16.4. The van der Waals surface area contributed by atoms with Crippen LogP contribution in [0.4, 0.5) is 0 Å². The summed E-state index contributed by atoms with van der Waals surface area (Å²) < 4.78 is 0.926. The standard InChI is InChI=1S/C17H22N2O3S/c1-10-6-2-3-7-11(10)18-16(22)14(20)15(21)17-19-12-8-4-5-9-13(12)23-17/h4-5,8-11,14-15,20-21H,2-3,6-7H2,1H3,(H,18,22). The molecular weight excluding hydrogens is 312 g/mol. The Balaban J connectivity index is 1.68. The van der Waals surface area contributed by atoms with Crippen LogP contribution in [0.15, 0.2) is 24.3 Å². The highest BCUT2D eigenvalue weighted by Gasteiger charge is 2.31. The molecule has 0 aliphatic heterocycles. The number of hydrogen-bond donors (Lipinski definition) is 3. The number of amides is 1. The molecule has 3 N–H and O–H groups in total. The van der Waals surface area contributed by atoms with Gasteiger partial charge in [0.2, 0.25) is 0 Å². The Kier molecular flexibility index (Phi) is 4.94. The SMILES string of the molecule is CC1CCCCC1NC(=O)C(O)C(O)c1nc2ccccc2s1. The molecule has 124 valence electrons. The normalized spacial score (nSPS) is 24.3. The zero-order chi connectivity index (χ0) is 16.4. The van der Waals surface area contributed by atoms with E-state index in [-0.39, 0.29) is 6.04 Å². The van der Waals surface area contributed by atoms with Crippen molar-refractivity contribution in [3.05, 3.63) is 29.3 Å². The summed E-state index contributed by atoms with van der Waals surface area (Å²) in [5, 5.41) is 23.7. The number of hydrogen-bond acceptors (Lipinski definition) is 5. The molecule has 1 aromatic heterocycles. The van der Waals surface area contributed by atoms with Crippen LogP contribution in [0, 0.1) is 5.92 Å². The average Bonchev–Trinajstić information content (AvgIpc) is 2.99. The number of fused-ring (bicyclic) bond motifs is 1. The number of nitrogens with one attached hydrogen (secondary N) is 1. The van der Waals surface area contributed by atoms with Crippen molar-refractivity contribution in [2.75, 3.05) is 0 Å². The van der Waals surface area contributed by atoms with Crippen molar-refractivity contribution in [1.82, 2.24) is 10.3 Å². The number of para-hydroxylation sites is 1. The molecule has 0 radical (unpaired) electrons. The largest absolute Gasteiger partial charge is 0.383 e. The van der Waals surface area contributed by atoms with Gasteiger partial charge in [-0.3, -0.25) is 4.79 Å². The molecular formula is C17H22N2O3S. The predicted molar refractivity (Wildman–Crippen MR) is 90.1 cm³/mol. The van der Waals surface area contributed by atoms with Crippen LogP contribution in [0.25, 0.3) is 10.2 Å². The van der Waals surface area contributed by atoms with Crippen molar-refractivity contribution in [3.63, 3.8) is 0 Å². The number of aliphatic hydroxyl groups excluding tert-OH is 2. The molecule has 1 aliphatic rings. The highest BCUT2D eigenvalue weighted by atomic mass is 32.1. The van der Waals surface area contributed by atoms with Crippen LogP contribution in [0.1, 0.15) is 43.7 Å². The Morgan fingerprint density at radius 1 is 1.30 bits per heavy atom. The molecule has 1 heterocycles. The Labute approximate surface area is 139 Å². The second-order valence-electron chi connectivity index (χ2n) is 6.29. The lowest BCUT2D eigenvalue weighted by Gasteiger charge is -2.30. The molecule has 2 aromatic rings. The first-order valence-electron chi connectivity index (χ1n) is 8.08. The molecule has 0 saturated heterocycles. The first-order chi connectivity index (χ1) is 11.1. The number of aliphatic hydroxyl groups is 2. The molecule has 4 unspecified atom stereocenters. The van der Waals surface area contributed by atoms with Gasteiger partial charge >= 0.3 is 0 Å². The number of carbonyl (C=O) groups is 1. The fraction of sp³-hybridized carbons (Fsp3) is 0.529. The van der Waals surface area contributed by atoms with Gasteiger partial charge < -0.3 is 15.5 Å². The second kappa shape index (κ2) is 6.95. The Morgan fingerprint density at radius 3 is 2.78 bits per heavy atom. The van der Waals surface area contributed by atoms with E-state index >= 15 is 0 Å². The maximum Gasteiger partial charge on any atom is 0.252 e. The molecule has 0 bridgehead atoms. The van der Waals surface area contributed by atoms with Gasteiger partial charge in [-0.05, 0) is 30.9 Å². The summed E-state index contributed by atoms with van der Waals surface area (Å²) in [7, 11) is 0. The van der Waals surface area contributed by atoms with Crippen LogP contribution >= 0.6 is 11.3 Å². The van der Waals surface area contributed by atoms with Crippen molar-refractivity contribution in [1.29, 1.82) is 0 Å². The summed E-state index contributed by atoms with van der Waals surface area (Å²) in [5.41, 5.74) is 0.764. The Bertz CT molecular complexity index is 654. The van der Waals surface area contributed by atoms with Crippen LogP contribution < -0.4 is 5.32 Å². The van der Waals surface area contributed by atoms with Crippen molar-refractivity contribution in [3.8, 4) is 0 Å². The molecule has 4 atom stereocenters. The monoisotopic (exact) mass is 334 g/mol. The van der Waals surface area contributed by atoms with Crippen LogP contribution in [0.2, 0.25) is 0 Å². The van der Waals surface area contributed by atoms with Gasteiger partial charge in [0.25, 0.3) is 5.91 Å². The molecule has 1 aliphatic carbocycles. The number of carbonyl (C=O) groups excluding carboxylic acids is 1. The molecule has 1 amide bonds. The van der Waals surface area contributed by atoms with Crippen molar-refractivity contribution in [2.24, 2.45) is 5.92 Å². The van der Waals surface area contributed by atoms with E-state index in [1.165, 1.54) is 17.8 Å². The van der Waals surface area contributed by atoms with Crippen LogP contribution in [0.3, 0.4) is 0 Å². The highest BCUT2D eigenvalue weighted by Crippen LogP contribution is 2.28. The summed E-state index contributed by atoms with van der Waals surface area (Å²) >= 11 is 1.30. The second-order valence-corrected chi connectivity index (χ2v) is 7.35. The number of rotatable bonds is 4. The van der Waals surface area contributed by atoms with Gasteiger partial charge in [-0.1, -0.05) is 31.9 Å². The highest BCUT2D eigenvalue weighted by molar-refractivity contribution is 7.18. The lowest BCUT2D eigenvalue weighted by Crippen LogP contribution is -2.47. The average molecular weight is 334 g/mol. The van der Waals surface area contributed by atoms with Gasteiger partial charge in [0.1, 0.15) is 11.1 Å². The summed E-state index contributed by atoms with van der Waals surface area (Å²) in [4.78, 5) is 16.5. The zero-order valence-corrected chi connectivity index (χ0v) is 13.9. The van der Waals surface area contributed by atoms with Crippen molar-refractivity contribution in [2.45, 2.75) is 50.9 Å². The van der Waals surface area contributed by atoms with E-state index in [4.69, 9.17) is 0 Å². The molecule has 1 aromatic carbocycles. The fourth-order valence-electron chi connectivity index (χ4n) is 3.09. The fourth-order valence-corrected chi connectivity index (χ4v) is 4.08. The number of benzene rings is 1. The molecule has 5 nitrogen and oxygen atoms in total. The molecule has 0 spiro atoms. The van der Waals surface area contributed by atoms with Crippen LogP contribution in [0.5, 0.6) is 0 Å². The van der Waals surface area contributed by atoms with Gasteiger partial charge in [-0.2, -0.15) is 0 Å². The van der Waals surface area contributed by atoms with Crippen molar-refractivity contribution < 1.29 is 15.0 Å². The molecule has 1 saturated carbocycles. The van der Waals surface area contributed by atoms with Gasteiger partial charge in [-0.15, -0.1) is 11.3 Å². The topological polar surface area (TPSA) is 82.5 Å². The van der Waals surface area contributed by atoms with E-state index in [0.29, 0.717) is 10.9 Å². The zero-order valence-electron chi connectivity index (χ0n) is 13.1. The Hall–Kier alpha value is -1.50. The summed E-state index contributed by atoms with van der Waals surface area (Å²) in [5.74, 6) is -0.116. The minimum absolute atomic E-state index is 0.0773. The third kappa shape index (κ3) is 3.54. The third-order valence-corrected chi connectivity index (χ3v) is 5.68. The minimum Gasteiger partial charge on any atom is -0.383 e. The Morgan fingerprint density at radius 2 is 2.04 bits per heavy atom. The number of thiazole rings is 1. The first-order valence-corrected chi connectivity index (χ1v) is 8.90. The van der Waals surface area contributed by atoms with E-state index in [9.17, 15) is 15.0 Å². The number of nitrogens with zero attached hydrogens (tertiary/aromatic N) is 1. The summed E-state index contributed by atoms with van der Waals surface area (Å²) in [6, 6.07) is 7.58. The quantitative estimate of drug-likeness (QED) is 0.802. The predicted octanol–water partition coefficient (Wildman–Crippen LogP) is 2.39. The molecule has 3 rings (SSSR count). The maximum atomic E-state index is 12.2. The molecule has 23 heavy (non-hydrogen) atoms. The van der Waals surface area contributed by atoms with E-state index in [0.717, 1.165) is 29.5 Å². The lowest BCUT2D eigenvalue weighted by molar-refractivity contribution is -0.136. The van der Waals surface area contributed by atoms with Crippen molar-refractivity contribution >= 4 is 27.5 Å². The van der Waals surface area contributed by atoms with Gasteiger partial charge in [0.05, 0.1) is 10.2 Å². The third-order valence-electron chi connectivity index (χ3n) is 4.57. The van der Waals surface area contributed by atoms with Gasteiger partial charge in [-0.25, -0.2) is 4.98 Å². The van der Waals surface area contributed by atoms with Crippen LogP contribution in [-0.2, 0) is 4.79 Å². The minimum atomic E-state index is -1.50. The smallest absolute Gasteiger partial charge is 0.252 e. The van der Waals surface area contributed by atoms with E-state index in [1.54, 1.807) is 0 Å². The van der Waals surface area contributed by atoms with E-state index < -0.39 is 18.1 Å². The van der Waals surface area contributed by atoms with E-state index in [2.05, 4.69) is 17.2 Å². The van der Waals surface area contributed by atoms with Gasteiger partial charge in [0, 0.05) is 6.04 Å². The summed E-state index contributed by atoms with van der Waals surface area (Å²) in [6.45, 7) is 2.11. The van der Waals surface area contributed by atoms with Crippen LogP contribution in [-0.4, -0.2) is 33.3 Å². The van der Waals surface area contributed by atoms with E-state index in [1.807, 2.05) is 24.3 Å². The maximum absolute atomic E-state index is 12.2. The summed E-state index contributed by atoms with van der Waals surface area (Å²) in [6.07, 6.45) is 1.49. The number of aromatic nitrogens is 1.